The van der Waals surface area contributed by atoms with E-state index in [1.807, 2.05) is 41.9 Å². The van der Waals surface area contributed by atoms with E-state index in [0.717, 1.165) is 21.7 Å². The minimum atomic E-state index is 0.970. The van der Waals surface area contributed by atoms with E-state index in [2.05, 4.69) is 40.1 Å². The van der Waals surface area contributed by atoms with Crippen molar-refractivity contribution in [3.05, 3.63) is 40.5 Å². The summed E-state index contributed by atoms with van der Waals surface area (Å²) >= 11 is 3.47. The van der Waals surface area contributed by atoms with E-state index < -0.39 is 0 Å². The first-order valence-corrected chi connectivity index (χ1v) is 5.87. The number of nitrogens with zero attached hydrogens (tertiary/aromatic N) is 3. The van der Waals surface area contributed by atoms with Gasteiger partial charge in [-0.3, -0.25) is 0 Å². The zero-order valence-corrected chi connectivity index (χ0v) is 11.2. The first kappa shape index (κ1) is 11.2. The number of rotatable bonds is 2. The van der Waals surface area contributed by atoms with E-state index in [1.165, 1.54) is 0 Å². The molecule has 1 aromatic carbocycles. The van der Waals surface area contributed by atoms with Crippen molar-refractivity contribution in [1.82, 2.24) is 9.78 Å². The minimum absolute atomic E-state index is 0.970. The van der Waals surface area contributed by atoms with Gasteiger partial charge in [-0.25, -0.2) is 4.68 Å². The molecule has 1 aromatic heterocycles. The van der Waals surface area contributed by atoms with Crippen LogP contribution >= 0.6 is 15.9 Å². The second kappa shape index (κ2) is 4.29. The fourth-order valence-electron chi connectivity index (χ4n) is 1.55. The number of hydrogen-bond donors (Lipinski definition) is 0. The van der Waals surface area contributed by atoms with Crippen LogP contribution in [0.1, 0.15) is 5.69 Å². The maximum absolute atomic E-state index is 4.54. The van der Waals surface area contributed by atoms with Crippen molar-refractivity contribution < 1.29 is 0 Å². The lowest BCUT2D eigenvalue weighted by Gasteiger charge is -2.07. The van der Waals surface area contributed by atoms with Crippen LogP contribution in [0.4, 0.5) is 5.82 Å². The summed E-state index contributed by atoms with van der Waals surface area (Å²) in [6.07, 6.45) is 0. The Morgan fingerprint density at radius 1 is 1.25 bits per heavy atom. The highest BCUT2D eigenvalue weighted by molar-refractivity contribution is 9.10. The van der Waals surface area contributed by atoms with Gasteiger partial charge in [-0.2, -0.15) is 5.10 Å². The van der Waals surface area contributed by atoms with Crippen LogP contribution in [0.15, 0.2) is 34.8 Å². The predicted molar refractivity (Wildman–Crippen MR) is 70.3 cm³/mol. The molecule has 0 bridgehead atoms. The van der Waals surface area contributed by atoms with Gasteiger partial charge in [0.2, 0.25) is 0 Å². The van der Waals surface area contributed by atoms with Gasteiger partial charge in [0.1, 0.15) is 0 Å². The second-order valence-corrected chi connectivity index (χ2v) is 4.85. The van der Waals surface area contributed by atoms with Gasteiger partial charge in [0.05, 0.1) is 5.69 Å². The maximum Gasteiger partial charge on any atom is 0.150 e. The molecule has 0 spiro atoms. The summed E-state index contributed by atoms with van der Waals surface area (Å²) in [6, 6.07) is 10.2. The molecule has 16 heavy (non-hydrogen) atoms. The Kier molecular flexibility index (Phi) is 3.01. The molecule has 1 heterocycles. The first-order chi connectivity index (χ1) is 7.58. The van der Waals surface area contributed by atoms with Crippen LogP contribution in [-0.2, 0) is 0 Å². The van der Waals surface area contributed by atoms with E-state index in [0.29, 0.717) is 0 Å². The average Bonchev–Trinajstić information content (AvgIpc) is 2.60. The molecule has 0 saturated heterocycles. The zero-order valence-electron chi connectivity index (χ0n) is 9.61. The Morgan fingerprint density at radius 3 is 2.56 bits per heavy atom. The van der Waals surface area contributed by atoms with Crippen molar-refractivity contribution in [3.8, 4) is 5.69 Å². The van der Waals surface area contributed by atoms with E-state index in [-0.39, 0.29) is 0 Å². The number of anilines is 1. The summed E-state index contributed by atoms with van der Waals surface area (Å²) < 4.78 is 3.01. The molecular weight excluding hydrogens is 266 g/mol. The smallest absolute Gasteiger partial charge is 0.150 e. The number of aromatic nitrogens is 2. The fourth-order valence-corrected chi connectivity index (χ4v) is 1.93. The summed E-state index contributed by atoms with van der Waals surface area (Å²) in [5, 5.41) is 4.54. The monoisotopic (exact) mass is 279 g/mol. The highest BCUT2D eigenvalue weighted by atomic mass is 79.9. The molecule has 2 rings (SSSR count). The highest BCUT2D eigenvalue weighted by Gasteiger charge is 2.07. The SMILES string of the molecule is Cc1cc(N(C)C)nn1-c1cccc(Br)c1. The second-order valence-electron chi connectivity index (χ2n) is 3.93. The molecule has 0 aliphatic rings. The van der Waals surface area contributed by atoms with Gasteiger partial charge >= 0.3 is 0 Å². The van der Waals surface area contributed by atoms with Crippen molar-refractivity contribution in [3.63, 3.8) is 0 Å². The van der Waals surface area contributed by atoms with Crippen LogP contribution in [0.3, 0.4) is 0 Å². The third-order valence-corrected chi connectivity index (χ3v) is 2.88. The third-order valence-electron chi connectivity index (χ3n) is 2.39. The van der Waals surface area contributed by atoms with E-state index in [9.17, 15) is 0 Å². The summed E-state index contributed by atoms with van der Waals surface area (Å²) in [7, 11) is 3.99. The molecule has 0 unspecified atom stereocenters. The standard InChI is InChI=1S/C12H14BrN3/c1-9-7-12(15(2)3)14-16(9)11-6-4-5-10(13)8-11/h4-8H,1-3H3. The third kappa shape index (κ3) is 2.11. The molecule has 0 aliphatic carbocycles. The average molecular weight is 280 g/mol. The Balaban J connectivity index is 2.48. The van der Waals surface area contributed by atoms with E-state index >= 15 is 0 Å². The van der Waals surface area contributed by atoms with Crippen LogP contribution < -0.4 is 4.90 Å². The molecule has 0 atom stereocenters. The molecule has 0 saturated carbocycles. The minimum Gasteiger partial charge on any atom is -0.361 e. The topological polar surface area (TPSA) is 21.1 Å². The molecule has 0 N–H and O–H groups in total. The largest absolute Gasteiger partial charge is 0.361 e. The first-order valence-electron chi connectivity index (χ1n) is 5.08. The molecule has 3 nitrogen and oxygen atoms in total. The van der Waals surface area contributed by atoms with Crippen LogP contribution in [0.2, 0.25) is 0 Å². The van der Waals surface area contributed by atoms with Crippen LogP contribution in [0.5, 0.6) is 0 Å². The van der Waals surface area contributed by atoms with Crippen molar-refractivity contribution in [2.24, 2.45) is 0 Å². The lowest BCUT2D eigenvalue weighted by molar-refractivity contribution is 0.837. The van der Waals surface area contributed by atoms with Crippen molar-refractivity contribution >= 4 is 21.7 Å². The van der Waals surface area contributed by atoms with Gasteiger partial charge in [-0.15, -0.1) is 0 Å². The van der Waals surface area contributed by atoms with Crippen molar-refractivity contribution in [2.45, 2.75) is 6.92 Å². The molecule has 0 amide bonds. The lowest BCUT2D eigenvalue weighted by atomic mass is 10.3. The Morgan fingerprint density at radius 2 is 2.00 bits per heavy atom. The Labute approximate surface area is 104 Å². The quantitative estimate of drug-likeness (QED) is 0.843. The Bertz CT molecular complexity index is 503. The van der Waals surface area contributed by atoms with Crippen LogP contribution in [0, 0.1) is 6.92 Å². The van der Waals surface area contributed by atoms with Gasteiger partial charge in [0.25, 0.3) is 0 Å². The fraction of sp³-hybridized carbons (Fsp3) is 0.250. The number of hydrogen-bond acceptors (Lipinski definition) is 2. The zero-order chi connectivity index (χ0) is 11.7. The van der Waals surface area contributed by atoms with Crippen molar-refractivity contribution in [2.75, 3.05) is 19.0 Å². The summed E-state index contributed by atoms with van der Waals surface area (Å²) in [4.78, 5) is 2.00. The lowest BCUT2D eigenvalue weighted by Crippen LogP contribution is -2.09. The van der Waals surface area contributed by atoms with Crippen LogP contribution in [-0.4, -0.2) is 23.9 Å². The van der Waals surface area contributed by atoms with Gasteiger partial charge in [0.15, 0.2) is 5.82 Å². The van der Waals surface area contributed by atoms with E-state index in [4.69, 9.17) is 0 Å². The summed E-state index contributed by atoms with van der Waals surface area (Å²) in [5.41, 5.74) is 2.20. The Hall–Kier alpha value is -1.29. The molecule has 0 radical (unpaired) electrons. The highest BCUT2D eigenvalue weighted by Crippen LogP contribution is 2.19. The normalized spacial score (nSPS) is 10.5. The maximum atomic E-state index is 4.54. The van der Waals surface area contributed by atoms with Gasteiger partial charge in [-0.05, 0) is 25.1 Å². The molecule has 0 aliphatic heterocycles. The van der Waals surface area contributed by atoms with E-state index in [1.54, 1.807) is 0 Å². The molecule has 2 aromatic rings. The van der Waals surface area contributed by atoms with Crippen LogP contribution in [0.25, 0.3) is 5.69 Å². The number of aryl methyl sites for hydroxylation is 1. The van der Waals surface area contributed by atoms with Gasteiger partial charge < -0.3 is 4.90 Å². The molecule has 84 valence electrons. The van der Waals surface area contributed by atoms with Crippen molar-refractivity contribution in [1.29, 1.82) is 0 Å². The van der Waals surface area contributed by atoms with Gasteiger partial charge in [0, 0.05) is 30.3 Å². The number of halogens is 1. The summed E-state index contributed by atoms with van der Waals surface area (Å²) in [5.74, 6) is 0.970. The molecule has 4 heteroatoms. The molecule has 0 fully saturated rings. The molecular formula is C12H14BrN3. The summed E-state index contributed by atoms with van der Waals surface area (Å²) in [6.45, 7) is 2.06. The van der Waals surface area contributed by atoms with Gasteiger partial charge in [-0.1, -0.05) is 22.0 Å². The predicted octanol–water partition coefficient (Wildman–Crippen LogP) is 3.01. The number of benzene rings is 1.